The SMILES string of the molecule is C=NC(=C(C)C(=CC)C(=O)OCC)c1cccc(N)c1. The van der Waals surface area contributed by atoms with E-state index in [4.69, 9.17) is 10.5 Å². The quantitative estimate of drug-likeness (QED) is 0.294. The highest BCUT2D eigenvalue weighted by atomic mass is 16.5. The molecule has 0 aromatic heterocycles. The maximum absolute atomic E-state index is 11.9. The summed E-state index contributed by atoms with van der Waals surface area (Å²) in [6.45, 7) is 9.29. The Labute approximate surface area is 119 Å². The Kier molecular flexibility index (Phi) is 5.72. The number of benzene rings is 1. The van der Waals surface area contributed by atoms with Crippen LogP contribution in [0.3, 0.4) is 0 Å². The lowest BCUT2D eigenvalue weighted by molar-refractivity contribution is -0.138. The lowest BCUT2D eigenvalue weighted by atomic mass is 10.0. The molecule has 1 rings (SSSR count). The van der Waals surface area contributed by atoms with E-state index in [1.807, 2.05) is 19.1 Å². The van der Waals surface area contributed by atoms with Crippen LogP contribution in [0.2, 0.25) is 0 Å². The summed E-state index contributed by atoms with van der Waals surface area (Å²) in [7, 11) is 0. The summed E-state index contributed by atoms with van der Waals surface area (Å²) in [5, 5.41) is 0. The number of nitrogen functional groups attached to an aromatic ring is 1. The number of hydrogen-bond acceptors (Lipinski definition) is 4. The van der Waals surface area contributed by atoms with E-state index in [0.717, 1.165) is 5.56 Å². The third kappa shape index (κ3) is 3.57. The van der Waals surface area contributed by atoms with Gasteiger partial charge in [0.15, 0.2) is 0 Å². The Morgan fingerprint density at radius 2 is 2.20 bits per heavy atom. The van der Waals surface area contributed by atoms with Gasteiger partial charge in [-0.1, -0.05) is 18.2 Å². The number of ether oxygens (including phenoxy) is 1. The van der Waals surface area contributed by atoms with Crippen molar-refractivity contribution in [3.8, 4) is 0 Å². The van der Waals surface area contributed by atoms with E-state index in [0.29, 0.717) is 29.1 Å². The third-order valence-electron chi connectivity index (χ3n) is 2.86. The number of rotatable bonds is 5. The Bertz CT molecular complexity index is 572. The van der Waals surface area contributed by atoms with Gasteiger partial charge in [0.05, 0.1) is 17.9 Å². The van der Waals surface area contributed by atoms with Gasteiger partial charge in [0, 0.05) is 11.3 Å². The number of hydrogen-bond donors (Lipinski definition) is 1. The number of anilines is 1. The Morgan fingerprint density at radius 3 is 2.70 bits per heavy atom. The van der Waals surface area contributed by atoms with Crippen molar-refractivity contribution in [1.29, 1.82) is 0 Å². The van der Waals surface area contributed by atoms with Gasteiger partial charge in [0.2, 0.25) is 0 Å². The predicted octanol–water partition coefficient (Wildman–Crippen LogP) is 3.21. The molecule has 0 saturated heterocycles. The number of nitrogens with two attached hydrogens (primary N) is 1. The average Bonchev–Trinajstić information content (AvgIpc) is 2.41. The van der Waals surface area contributed by atoms with Gasteiger partial charge >= 0.3 is 5.97 Å². The molecule has 4 nitrogen and oxygen atoms in total. The topological polar surface area (TPSA) is 64.7 Å². The lowest BCUT2D eigenvalue weighted by Crippen LogP contribution is -2.09. The van der Waals surface area contributed by atoms with Crippen LogP contribution in [-0.4, -0.2) is 19.3 Å². The highest BCUT2D eigenvalue weighted by Crippen LogP contribution is 2.26. The first-order valence-electron chi connectivity index (χ1n) is 6.42. The first-order valence-corrected chi connectivity index (χ1v) is 6.42. The second kappa shape index (κ2) is 7.28. The van der Waals surface area contributed by atoms with Gasteiger partial charge in [-0.05, 0) is 45.2 Å². The molecule has 0 atom stereocenters. The smallest absolute Gasteiger partial charge is 0.338 e. The minimum atomic E-state index is -0.363. The monoisotopic (exact) mass is 272 g/mol. The van der Waals surface area contributed by atoms with Crippen molar-refractivity contribution in [1.82, 2.24) is 0 Å². The fourth-order valence-electron chi connectivity index (χ4n) is 1.94. The Balaban J connectivity index is 3.31. The van der Waals surface area contributed by atoms with E-state index in [2.05, 4.69) is 11.7 Å². The number of carbonyl (C=O) groups excluding carboxylic acids is 1. The number of aliphatic imine (C=N–C) groups is 1. The summed E-state index contributed by atoms with van der Waals surface area (Å²) >= 11 is 0. The van der Waals surface area contributed by atoms with Crippen molar-refractivity contribution in [2.24, 2.45) is 4.99 Å². The highest BCUT2D eigenvalue weighted by Gasteiger charge is 2.16. The number of esters is 1. The van der Waals surface area contributed by atoms with Crippen LogP contribution in [0.25, 0.3) is 5.70 Å². The van der Waals surface area contributed by atoms with E-state index >= 15 is 0 Å². The van der Waals surface area contributed by atoms with Gasteiger partial charge in [-0.2, -0.15) is 0 Å². The molecule has 106 valence electrons. The Hall–Kier alpha value is -2.36. The van der Waals surface area contributed by atoms with Crippen LogP contribution in [0.15, 0.2) is 46.5 Å². The van der Waals surface area contributed by atoms with Crippen LogP contribution >= 0.6 is 0 Å². The maximum atomic E-state index is 11.9. The largest absolute Gasteiger partial charge is 0.462 e. The molecule has 2 N–H and O–H groups in total. The van der Waals surface area contributed by atoms with Crippen LogP contribution < -0.4 is 5.73 Å². The molecule has 0 aliphatic rings. The zero-order valence-electron chi connectivity index (χ0n) is 12.1. The third-order valence-corrected chi connectivity index (χ3v) is 2.86. The molecule has 4 heteroatoms. The normalized spacial score (nSPS) is 12.7. The molecule has 0 amide bonds. The van der Waals surface area contributed by atoms with Crippen molar-refractivity contribution < 1.29 is 9.53 Å². The first kappa shape index (κ1) is 15.7. The number of carbonyl (C=O) groups is 1. The van der Waals surface area contributed by atoms with Gasteiger partial charge in [0.1, 0.15) is 0 Å². The van der Waals surface area contributed by atoms with Crippen molar-refractivity contribution >= 4 is 24.1 Å². The van der Waals surface area contributed by atoms with E-state index in [-0.39, 0.29) is 5.97 Å². The Morgan fingerprint density at radius 1 is 1.50 bits per heavy atom. The van der Waals surface area contributed by atoms with Crippen LogP contribution in [0.4, 0.5) is 5.69 Å². The maximum Gasteiger partial charge on any atom is 0.338 e. The number of allylic oxidation sites excluding steroid dienone is 1. The van der Waals surface area contributed by atoms with Crippen LogP contribution in [0.1, 0.15) is 26.3 Å². The molecular formula is C16H20N2O2. The van der Waals surface area contributed by atoms with E-state index < -0.39 is 0 Å². The fourth-order valence-corrected chi connectivity index (χ4v) is 1.94. The summed E-state index contributed by atoms with van der Waals surface area (Å²) in [5.74, 6) is -0.363. The van der Waals surface area contributed by atoms with E-state index in [9.17, 15) is 4.79 Å². The van der Waals surface area contributed by atoms with Crippen molar-refractivity contribution in [2.45, 2.75) is 20.8 Å². The molecule has 1 aromatic rings. The van der Waals surface area contributed by atoms with E-state index in [1.165, 1.54) is 0 Å². The van der Waals surface area contributed by atoms with Crippen molar-refractivity contribution in [3.05, 3.63) is 47.1 Å². The summed E-state index contributed by atoms with van der Waals surface area (Å²) in [6.07, 6.45) is 1.71. The average molecular weight is 272 g/mol. The van der Waals surface area contributed by atoms with Crippen molar-refractivity contribution in [3.63, 3.8) is 0 Å². The highest BCUT2D eigenvalue weighted by molar-refractivity contribution is 5.96. The van der Waals surface area contributed by atoms with Gasteiger partial charge in [-0.25, -0.2) is 4.79 Å². The summed E-state index contributed by atoms with van der Waals surface area (Å²) in [6, 6.07) is 7.30. The number of nitrogens with zero attached hydrogens (tertiary/aromatic N) is 1. The molecule has 0 fully saturated rings. The van der Waals surface area contributed by atoms with Gasteiger partial charge in [0.25, 0.3) is 0 Å². The molecule has 0 spiro atoms. The summed E-state index contributed by atoms with van der Waals surface area (Å²) in [4.78, 5) is 16.0. The molecule has 20 heavy (non-hydrogen) atoms. The van der Waals surface area contributed by atoms with Crippen LogP contribution in [0, 0.1) is 0 Å². The molecule has 0 unspecified atom stereocenters. The second-order valence-corrected chi connectivity index (χ2v) is 4.18. The molecule has 0 bridgehead atoms. The molecule has 1 aromatic carbocycles. The zero-order valence-corrected chi connectivity index (χ0v) is 12.1. The minimum Gasteiger partial charge on any atom is -0.462 e. The molecule has 0 saturated carbocycles. The van der Waals surface area contributed by atoms with Gasteiger partial charge < -0.3 is 10.5 Å². The second-order valence-electron chi connectivity index (χ2n) is 4.18. The standard InChI is InChI=1S/C16H20N2O2/c1-5-14(16(19)20-6-2)11(3)15(18-4)12-8-7-9-13(17)10-12/h5,7-10H,4,6,17H2,1-3H3. The van der Waals surface area contributed by atoms with Crippen LogP contribution in [0.5, 0.6) is 0 Å². The first-order chi connectivity index (χ1) is 9.54. The minimum absolute atomic E-state index is 0.332. The van der Waals surface area contributed by atoms with Crippen molar-refractivity contribution in [2.75, 3.05) is 12.3 Å². The summed E-state index contributed by atoms with van der Waals surface area (Å²) in [5.41, 5.74) is 9.05. The van der Waals surface area contributed by atoms with E-state index in [1.54, 1.807) is 32.1 Å². The summed E-state index contributed by atoms with van der Waals surface area (Å²) < 4.78 is 5.04. The molecule has 0 heterocycles. The predicted molar refractivity (Wildman–Crippen MR) is 83.4 cm³/mol. The zero-order chi connectivity index (χ0) is 15.1. The van der Waals surface area contributed by atoms with Gasteiger partial charge in [-0.3, -0.25) is 4.99 Å². The van der Waals surface area contributed by atoms with Gasteiger partial charge in [-0.15, -0.1) is 0 Å². The molecule has 0 aliphatic carbocycles. The molecular weight excluding hydrogens is 252 g/mol. The lowest BCUT2D eigenvalue weighted by Gasteiger charge is -2.11. The fraction of sp³-hybridized carbons (Fsp3) is 0.250. The molecule has 0 radical (unpaired) electrons. The van der Waals surface area contributed by atoms with Crippen LogP contribution in [-0.2, 0) is 9.53 Å². The molecule has 0 aliphatic heterocycles.